The van der Waals surface area contributed by atoms with Gasteiger partial charge in [0.05, 0.1) is 11.7 Å². The molecule has 0 aliphatic heterocycles. The Morgan fingerprint density at radius 3 is 2.14 bits per heavy atom. The molecule has 0 fully saturated rings. The van der Waals surface area contributed by atoms with Gasteiger partial charge in [0, 0.05) is 0 Å². The molecule has 4 nitrogen and oxygen atoms in total. The third kappa shape index (κ3) is 3.71. The lowest BCUT2D eigenvalue weighted by Crippen LogP contribution is -2.31. The summed E-state index contributed by atoms with van der Waals surface area (Å²) in [4.78, 5) is 13.0. The molecule has 1 aromatic heterocycles. The van der Waals surface area contributed by atoms with Gasteiger partial charge < -0.3 is 5.32 Å². The molecule has 0 saturated heterocycles. The van der Waals surface area contributed by atoms with Gasteiger partial charge in [0.2, 0.25) is 0 Å². The van der Waals surface area contributed by atoms with Crippen LogP contribution in [0.2, 0.25) is 0 Å². The van der Waals surface area contributed by atoms with Crippen LogP contribution in [-0.2, 0) is 0 Å². The zero-order valence-electron chi connectivity index (χ0n) is 13.8. The molecule has 1 heterocycles. The fourth-order valence-electron chi connectivity index (χ4n) is 2.37. The van der Waals surface area contributed by atoms with Crippen LogP contribution in [0.3, 0.4) is 0 Å². The van der Waals surface area contributed by atoms with Gasteiger partial charge in [0.15, 0.2) is 0 Å². The number of hydrogen-bond donors (Lipinski definition) is 1. The SMILES string of the molecule is Cc1nnsc1C(=O)NC(c1ccc(C(C)C)cc1)C(C)C. The number of carbonyl (C=O) groups excluding carboxylic acids is 1. The molecule has 22 heavy (non-hydrogen) atoms. The molecule has 5 heteroatoms. The number of rotatable bonds is 5. The first kappa shape index (κ1) is 16.6. The highest BCUT2D eigenvalue weighted by Crippen LogP contribution is 2.25. The molecule has 0 saturated carbocycles. The number of nitrogens with zero attached hydrogens (tertiary/aromatic N) is 2. The number of hydrogen-bond acceptors (Lipinski definition) is 4. The summed E-state index contributed by atoms with van der Waals surface area (Å²) in [5, 5.41) is 7.02. The third-order valence-corrected chi connectivity index (χ3v) is 4.60. The van der Waals surface area contributed by atoms with Crippen molar-refractivity contribution in [2.45, 2.75) is 46.6 Å². The normalized spacial score (nSPS) is 12.7. The van der Waals surface area contributed by atoms with Crippen LogP contribution in [0.25, 0.3) is 0 Å². The second-order valence-electron chi connectivity index (χ2n) is 6.20. The number of amides is 1. The van der Waals surface area contributed by atoms with Crippen molar-refractivity contribution in [1.29, 1.82) is 0 Å². The van der Waals surface area contributed by atoms with Crippen LogP contribution in [0.15, 0.2) is 24.3 Å². The summed E-state index contributed by atoms with van der Waals surface area (Å²) < 4.78 is 3.83. The minimum Gasteiger partial charge on any atom is -0.344 e. The van der Waals surface area contributed by atoms with E-state index in [2.05, 4.69) is 66.9 Å². The van der Waals surface area contributed by atoms with Crippen molar-refractivity contribution in [2.24, 2.45) is 5.92 Å². The van der Waals surface area contributed by atoms with Crippen molar-refractivity contribution in [3.8, 4) is 0 Å². The molecule has 118 valence electrons. The fourth-order valence-corrected chi connectivity index (χ4v) is 2.93. The average molecular weight is 317 g/mol. The van der Waals surface area contributed by atoms with Crippen molar-refractivity contribution >= 4 is 17.4 Å². The number of carbonyl (C=O) groups is 1. The topological polar surface area (TPSA) is 54.9 Å². The predicted molar refractivity (Wildman–Crippen MR) is 90.2 cm³/mol. The first-order valence-corrected chi connectivity index (χ1v) is 8.37. The van der Waals surface area contributed by atoms with Crippen LogP contribution in [-0.4, -0.2) is 15.5 Å². The van der Waals surface area contributed by atoms with Crippen molar-refractivity contribution in [2.75, 3.05) is 0 Å². The summed E-state index contributed by atoms with van der Waals surface area (Å²) in [7, 11) is 0. The van der Waals surface area contributed by atoms with Gasteiger partial charge in [-0.25, -0.2) is 0 Å². The maximum Gasteiger partial charge on any atom is 0.265 e. The minimum atomic E-state index is -0.0980. The molecule has 0 radical (unpaired) electrons. The molecule has 0 spiro atoms. The van der Waals surface area contributed by atoms with E-state index in [4.69, 9.17) is 0 Å². The van der Waals surface area contributed by atoms with Crippen molar-refractivity contribution in [3.05, 3.63) is 46.0 Å². The molecule has 0 aliphatic rings. The number of aromatic nitrogens is 2. The lowest BCUT2D eigenvalue weighted by atomic mass is 9.93. The van der Waals surface area contributed by atoms with Crippen LogP contribution >= 0.6 is 11.5 Å². The Bertz CT molecular complexity index is 632. The van der Waals surface area contributed by atoms with E-state index in [1.165, 1.54) is 5.56 Å². The Kier molecular flexibility index (Phi) is 5.29. The van der Waals surface area contributed by atoms with Gasteiger partial charge in [-0.3, -0.25) is 4.79 Å². The molecular weight excluding hydrogens is 294 g/mol. The Morgan fingerprint density at radius 2 is 1.68 bits per heavy atom. The fraction of sp³-hybridized carbons (Fsp3) is 0.471. The highest BCUT2D eigenvalue weighted by atomic mass is 32.1. The zero-order chi connectivity index (χ0) is 16.3. The van der Waals surface area contributed by atoms with Crippen molar-refractivity contribution in [1.82, 2.24) is 14.9 Å². The van der Waals surface area contributed by atoms with Crippen molar-refractivity contribution < 1.29 is 4.79 Å². The van der Waals surface area contributed by atoms with Gasteiger partial charge in [-0.15, -0.1) is 5.10 Å². The van der Waals surface area contributed by atoms with E-state index in [-0.39, 0.29) is 11.9 Å². The highest BCUT2D eigenvalue weighted by molar-refractivity contribution is 7.08. The zero-order valence-corrected chi connectivity index (χ0v) is 14.6. The van der Waals surface area contributed by atoms with Gasteiger partial charge in [-0.2, -0.15) is 0 Å². The maximum absolute atomic E-state index is 12.4. The summed E-state index contributed by atoms with van der Waals surface area (Å²) in [6.07, 6.45) is 0. The molecule has 0 bridgehead atoms. The van der Waals surface area contributed by atoms with Gasteiger partial charge in [0.1, 0.15) is 4.88 Å². The first-order chi connectivity index (χ1) is 10.4. The molecular formula is C17H23N3OS. The third-order valence-electron chi connectivity index (χ3n) is 3.77. The molecule has 2 aromatic rings. The second-order valence-corrected chi connectivity index (χ2v) is 6.96. The highest BCUT2D eigenvalue weighted by Gasteiger charge is 2.21. The number of aryl methyl sites for hydroxylation is 1. The molecule has 1 atom stereocenters. The summed E-state index contributed by atoms with van der Waals surface area (Å²) in [5.41, 5.74) is 3.11. The van der Waals surface area contributed by atoms with E-state index in [0.717, 1.165) is 17.1 Å². The van der Waals surface area contributed by atoms with Crippen LogP contribution in [0.1, 0.15) is 66.1 Å². The molecule has 1 unspecified atom stereocenters. The molecule has 1 N–H and O–H groups in total. The molecule has 1 aromatic carbocycles. The standard InChI is InChI=1S/C17H23N3OS/c1-10(2)13-6-8-14(9-7-13)15(11(3)4)18-17(21)16-12(5)19-20-22-16/h6-11,15H,1-5H3,(H,18,21). The van der Waals surface area contributed by atoms with Gasteiger partial charge in [0.25, 0.3) is 5.91 Å². The lowest BCUT2D eigenvalue weighted by Gasteiger charge is -2.23. The van der Waals surface area contributed by atoms with Crippen molar-refractivity contribution in [3.63, 3.8) is 0 Å². The monoisotopic (exact) mass is 317 g/mol. The summed E-state index contributed by atoms with van der Waals surface area (Å²) in [6, 6.07) is 8.48. The Labute approximate surface area is 136 Å². The molecule has 0 aliphatic carbocycles. The minimum absolute atomic E-state index is 0.0183. The number of benzene rings is 1. The number of nitrogens with one attached hydrogen (secondary N) is 1. The largest absolute Gasteiger partial charge is 0.344 e. The Hall–Kier alpha value is -1.75. The summed E-state index contributed by atoms with van der Waals surface area (Å²) in [6.45, 7) is 10.4. The van der Waals surface area contributed by atoms with E-state index in [0.29, 0.717) is 22.4 Å². The van der Waals surface area contributed by atoms with E-state index in [1.54, 1.807) is 6.92 Å². The Balaban J connectivity index is 2.20. The van der Waals surface area contributed by atoms with E-state index >= 15 is 0 Å². The summed E-state index contributed by atoms with van der Waals surface area (Å²) in [5.74, 6) is 0.709. The molecule has 2 rings (SSSR count). The molecule has 1 amide bonds. The smallest absolute Gasteiger partial charge is 0.265 e. The maximum atomic E-state index is 12.4. The van der Waals surface area contributed by atoms with Crippen LogP contribution in [0.5, 0.6) is 0 Å². The van der Waals surface area contributed by atoms with Crippen LogP contribution < -0.4 is 5.32 Å². The van der Waals surface area contributed by atoms with Gasteiger partial charge in [-0.05, 0) is 41.4 Å². The second kappa shape index (κ2) is 7.01. The first-order valence-electron chi connectivity index (χ1n) is 7.59. The van der Waals surface area contributed by atoms with E-state index in [1.807, 2.05) is 0 Å². The van der Waals surface area contributed by atoms with Gasteiger partial charge >= 0.3 is 0 Å². The average Bonchev–Trinajstić information content (AvgIpc) is 2.90. The van der Waals surface area contributed by atoms with Gasteiger partial charge in [-0.1, -0.05) is 56.4 Å². The quantitative estimate of drug-likeness (QED) is 0.903. The predicted octanol–water partition coefficient (Wildman–Crippen LogP) is 4.10. The van der Waals surface area contributed by atoms with Crippen LogP contribution in [0, 0.1) is 12.8 Å². The Morgan fingerprint density at radius 1 is 1.09 bits per heavy atom. The summed E-state index contributed by atoms with van der Waals surface area (Å²) >= 11 is 1.14. The lowest BCUT2D eigenvalue weighted by molar-refractivity contribution is 0.0929. The van der Waals surface area contributed by atoms with E-state index in [9.17, 15) is 4.79 Å². The van der Waals surface area contributed by atoms with E-state index < -0.39 is 0 Å². The van der Waals surface area contributed by atoms with Crippen LogP contribution in [0.4, 0.5) is 0 Å².